The van der Waals surface area contributed by atoms with Crippen LogP contribution in [0.3, 0.4) is 0 Å². The lowest BCUT2D eigenvalue weighted by atomic mass is 9.93. The van der Waals surface area contributed by atoms with E-state index in [2.05, 4.69) is 109 Å². The summed E-state index contributed by atoms with van der Waals surface area (Å²) >= 11 is 0. The van der Waals surface area contributed by atoms with Gasteiger partial charge in [0.2, 0.25) is 0 Å². The monoisotopic (exact) mass is 390 g/mol. The molecule has 1 N–H and O–H groups in total. The van der Waals surface area contributed by atoms with Gasteiger partial charge in [-0.2, -0.15) is 0 Å². The number of hydrogen-bond acceptors (Lipinski definition) is 1. The Morgan fingerprint density at radius 2 is 1.40 bits per heavy atom. The van der Waals surface area contributed by atoms with Crippen molar-refractivity contribution in [3.05, 3.63) is 90.5 Å². The fourth-order valence-electron chi connectivity index (χ4n) is 4.60. The molecule has 1 heterocycles. The van der Waals surface area contributed by atoms with Crippen molar-refractivity contribution < 1.29 is 0 Å². The van der Waals surface area contributed by atoms with Crippen molar-refractivity contribution in [3.8, 4) is 22.3 Å². The second-order valence-electron chi connectivity index (χ2n) is 7.82. The normalized spacial score (nSPS) is 11.3. The summed E-state index contributed by atoms with van der Waals surface area (Å²) in [5.41, 5.74) is 10.1. The first-order valence-corrected chi connectivity index (χ1v) is 10.6. The fraction of sp³-hybridized carbons (Fsp3) is 0.143. The van der Waals surface area contributed by atoms with E-state index in [9.17, 15) is 0 Å². The summed E-state index contributed by atoms with van der Waals surface area (Å²) in [7, 11) is 1.98. The Morgan fingerprint density at radius 1 is 0.700 bits per heavy atom. The van der Waals surface area contributed by atoms with Gasteiger partial charge in [-0.3, -0.25) is 0 Å². The van der Waals surface area contributed by atoms with Crippen LogP contribution in [0.2, 0.25) is 0 Å². The van der Waals surface area contributed by atoms with Gasteiger partial charge in [-0.25, -0.2) is 0 Å². The van der Waals surface area contributed by atoms with Crippen molar-refractivity contribution >= 4 is 27.5 Å². The van der Waals surface area contributed by atoms with E-state index in [1.54, 1.807) is 0 Å². The van der Waals surface area contributed by atoms with Crippen molar-refractivity contribution in [2.45, 2.75) is 20.4 Å². The molecule has 0 aliphatic carbocycles. The highest BCUT2D eigenvalue weighted by molar-refractivity contribution is 6.09. The van der Waals surface area contributed by atoms with E-state index in [-0.39, 0.29) is 0 Å². The van der Waals surface area contributed by atoms with E-state index < -0.39 is 0 Å². The maximum Gasteiger partial charge on any atom is 0.0491 e. The van der Waals surface area contributed by atoms with Crippen molar-refractivity contribution in [3.63, 3.8) is 0 Å². The van der Waals surface area contributed by atoms with Gasteiger partial charge in [0.15, 0.2) is 0 Å². The van der Waals surface area contributed by atoms with Gasteiger partial charge in [-0.05, 0) is 66.4 Å². The zero-order valence-corrected chi connectivity index (χ0v) is 17.7. The average Bonchev–Trinajstić information content (AvgIpc) is 3.12. The molecule has 0 radical (unpaired) electrons. The highest BCUT2D eigenvalue weighted by Gasteiger charge is 2.12. The number of rotatable bonds is 4. The first kappa shape index (κ1) is 18.5. The first-order valence-electron chi connectivity index (χ1n) is 10.6. The molecule has 1 aromatic heterocycles. The summed E-state index contributed by atoms with van der Waals surface area (Å²) in [6.45, 7) is 5.37. The molecular formula is C28H26N2. The molecule has 0 spiro atoms. The van der Waals surface area contributed by atoms with Crippen LogP contribution >= 0.6 is 0 Å². The largest absolute Gasteiger partial charge is 0.388 e. The summed E-state index contributed by atoms with van der Waals surface area (Å²) in [6.07, 6.45) is 0. The molecule has 0 saturated carbocycles. The number of benzene rings is 4. The van der Waals surface area contributed by atoms with Crippen LogP contribution in [-0.2, 0) is 6.54 Å². The van der Waals surface area contributed by atoms with Gasteiger partial charge in [0.05, 0.1) is 0 Å². The van der Waals surface area contributed by atoms with E-state index in [4.69, 9.17) is 0 Å². The van der Waals surface area contributed by atoms with Crippen LogP contribution in [0.15, 0.2) is 84.9 Å². The Morgan fingerprint density at radius 3 is 2.23 bits per heavy atom. The third-order valence-corrected chi connectivity index (χ3v) is 6.15. The average molecular weight is 391 g/mol. The zero-order valence-electron chi connectivity index (χ0n) is 17.7. The zero-order chi connectivity index (χ0) is 20.7. The Labute approximate surface area is 177 Å². The minimum absolute atomic E-state index is 0.971. The van der Waals surface area contributed by atoms with Gasteiger partial charge in [0, 0.05) is 46.6 Å². The summed E-state index contributed by atoms with van der Waals surface area (Å²) < 4.78 is 2.40. The molecule has 30 heavy (non-hydrogen) atoms. The lowest BCUT2D eigenvalue weighted by Gasteiger charge is -2.14. The molecule has 0 unspecified atom stereocenters. The molecule has 2 heteroatoms. The van der Waals surface area contributed by atoms with Crippen molar-refractivity contribution in [2.75, 3.05) is 12.4 Å². The quantitative estimate of drug-likeness (QED) is 0.336. The van der Waals surface area contributed by atoms with Gasteiger partial charge in [-0.1, -0.05) is 54.6 Å². The molecule has 5 rings (SSSR count). The molecule has 0 bridgehead atoms. The molecule has 0 saturated heterocycles. The van der Waals surface area contributed by atoms with Crippen LogP contribution in [-0.4, -0.2) is 11.6 Å². The summed E-state index contributed by atoms with van der Waals surface area (Å²) in [5, 5.41) is 5.98. The Hall–Kier alpha value is -3.52. The van der Waals surface area contributed by atoms with E-state index in [0.29, 0.717) is 0 Å². The van der Waals surface area contributed by atoms with Gasteiger partial charge in [-0.15, -0.1) is 0 Å². The summed E-state index contributed by atoms with van der Waals surface area (Å²) in [4.78, 5) is 0. The van der Waals surface area contributed by atoms with Crippen molar-refractivity contribution in [1.29, 1.82) is 0 Å². The number of nitrogens with one attached hydrogen (secondary N) is 1. The molecule has 5 aromatic rings. The van der Waals surface area contributed by atoms with E-state index in [1.165, 1.54) is 49.6 Å². The van der Waals surface area contributed by atoms with Crippen LogP contribution in [0.4, 0.5) is 5.69 Å². The van der Waals surface area contributed by atoms with Crippen molar-refractivity contribution in [2.24, 2.45) is 0 Å². The number of para-hydroxylation sites is 2. The lowest BCUT2D eigenvalue weighted by molar-refractivity contribution is 0.827. The Bertz CT molecular complexity index is 1370. The molecule has 2 nitrogen and oxygen atoms in total. The molecule has 0 aliphatic rings. The standard InChI is InChI=1S/C28H26N2/c1-4-30-27-12-8-6-10-23(27)25-18-21(15-16-28(25)30)20-14-13-19(2)24(17-20)22-9-5-7-11-26(22)29-3/h5-18,29H,4H2,1-3H3. The highest BCUT2D eigenvalue weighted by atomic mass is 15.0. The molecule has 4 aromatic carbocycles. The topological polar surface area (TPSA) is 17.0 Å². The predicted octanol–water partition coefficient (Wildman–Crippen LogP) is 7.50. The minimum Gasteiger partial charge on any atom is -0.388 e. The molecule has 0 amide bonds. The predicted molar refractivity (Wildman–Crippen MR) is 130 cm³/mol. The number of hydrogen-bond donors (Lipinski definition) is 1. The SMILES string of the molecule is CCn1c2ccccc2c2cc(-c3ccc(C)c(-c4ccccc4NC)c3)ccc21. The van der Waals surface area contributed by atoms with Crippen LogP contribution < -0.4 is 5.32 Å². The number of aromatic nitrogens is 1. The van der Waals surface area contributed by atoms with E-state index in [0.717, 1.165) is 12.2 Å². The van der Waals surface area contributed by atoms with E-state index in [1.807, 2.05) is 7.05 Å². The van der Waals surface area contributed by atoms with Crippen LogP contribution in [0.5, 0.6) is 0 Å². The third kappa shape index (κ3) is 2.88. The molecule has 0 aliphatic heterocycles. The Balaban J connectivity index is 1.70. The molecule has 0 fully saturated rings. The molecule has 148 valence electrons. The summed E-state index contributed by atoms with van der Waals surface area (Å²) in [6, 6.07) is 30.9. The second-order valence-corrected chi connectivity index (χ2v) is 7.82. The highest BCUT2D eigenvalue weighted by Crippen LogP contribution is 2.36. The van der Waals surface area contributed by atoms with Crippen molar-refractivity contribution in [1.82, 2.24) is 4.57 Å². The van der Waals surface area contributed by atoms with Gasteiger partial charge >= 0.3 is 0 Å². The molecule has 0 atom stereocenters. The smallest absolute Gasteiger partial charge is 0.0491 e. The number of anilines is 1. The van der Waals surface area contributed by atoms with Gasteiger partial charge < -0.3 is 9.88 Å². The Kier molecular flexibility index (Phi) is 4.55. The fourth-order valence-corrected chi connectivity index (χ4v) is 4.60. The lowest BCUT2D eigenvalue weighted by Crippen LogP contribution is -1.94. The minimum atomic E-state index is 0.971. The first-order chi connectivity index (χ1) is 14.7. The maximum atomic E-state index is 3.33. The molecular weight excluding hydrogens is 364 g/mol. The van der Waals surface area contributed by atoms with Crippen LogP contribution in [0.1, 0.15) is 12.5 Å². The van der Waals surface area contributed by atoms with Crippen LogP contribution in [0, 0.1) is 6.92 Å². The number of nitrogens with zero attached hydrogens (tertiary/aromatic N) is 1. The maximum absolute atomic E-state index is 3.33. The number of fused-ring (bicyclic) bond motifs is 3. The van der Waals surface area contributed by atoms with Crippen LogP contribution in [0.25, 0.3) is 44.1 Å². The van der Waals surface area contributed by atoms with Gasteiger partial charge in [0.1, 0.15) is 0 Å². The third-order valence-electron chi connectivity index (χ3n) is 6.15. The second kappa shape index (κ2) is 7.38. The summed E-state index contributed by atoms with van der Waals surface area (Å²) in [5.74, 6) is 0. The van der Waals surface area contributed by atoms with E-state index >= 15 is 0 Å². The number of aryl methyl sites for hydroxylation is 2. The van der Waals surface area contributed by atoms with Gasteiger partial charge in [0.25, 0.3) is 0 Å².